The third-order valence-corrected chi connectivity index (χ3v) is 5.82. The Bertz CT molecular complexity index is 812. The molecule has 1 aliphatic rings. The number of amidine groups is 1. The number of piperidine rings is 1. The fourth-order valence-corrected chi connectivity index (χ4v) is 4.06. The molecule has 4 nitrogen and oxygen atoms in total. The number of sulfonamides is 1. The van der Waals surface area contributed by atoms with E-state index in [9.17, 15) is 8.42 Å². The molecule has 0 unspecified atom stereocenters. The van der Waals surface area contributed by atoms with Gasteiger partial charge in [-0.3, -0.25) is 0 Å². The number of hydrogen-bond acceptors (Lipinski definition) is 2. The molecule has 0 radical (unpaired) electrons. The Morgan fingerprint density at radius 3 is 2.17 bits per heavy atom. The summed E-state index contributed by atoms with van der Waals surface area (Å²) >= 11 is 3.32. The summed E-state index contributed by atoms with van der Waals surface area (Å²) in [5.74, 6) is 0.540. The zero-order valence-corrected chi connectivity index (χ0v) is 15.6. The molecule has 2 aromatic rings. The molecule has 24 heavy (non-hydrogen) atoms. The van der Waals surface area contributed by atoms with E-state index < -0.39 is 10.0 Å². The third kappa shape index (κ3) is 4.05. The highest BCUT2D eigenvalue weighted by Crippen LogP contribution is 2.20. The first-order chi connectivity index (χ1) is 11.6. The lowest BCUT2D eigenvalue weighted by Gasteiger charge is -2.29. The van der Waals surface area contributed by atoms with E-state index >= 15 is 0 Å². The Morgan fingerprint density at radius 2 is 1.54 bits per heavy atom. The minimum Gasteiger partial charge on any atom is -0.355 e. The number of halogens is 1. The van der Waals surface area contributed by atoms with Crippen LogP contribution in [0.1, 0.15) is 24.8 Å². The van der Waals surface area contributed by atoms with Crippen LogP contribution in [0, 0.1) is 0 Å². The van der Waals surface area contributed by atoms with Gasteiger partial charge in [0.1, 0.15) is 5.84 Å². The van der Waals surface area contributed by atoms with Crippen LogP contribution in [0.25, 0.3) is 0 Å². The van der Waals surface area contributed by atoms with E-state index in [1.807, 2.05) is 30.3 Å². The molecular weight excluding hydrogens is 388 g/mol. The number of rotatable bonds is 3. The van der Waals surface area contributed by atoms with Crippen LogP contribution in [0.4, 0.5) is 0 Å². The largest absolute Gasteiger partial charge is 0.355 e. The quantitative estimate of drug-likeness (QED) is 0.569. The average Bonchev–Trinajstić information content (AvgIpc) is 2.62. The van der Waals surface area contributed by atoms with Gasteiger partial charge < -0.3 is 4.90 Å². The van der Waals surface area contributed by atoms with Crippen LogP contribution in [-0.2, 0) is 10.0 Å². The van der Waals surface area contributed by atoms with Crippen LogP contribution in [0.5, 0.6) is 0 Å². The van der Waals surface area contributed by atoms with Crippen LogP contribution in [-0.4, -0.2) is 32.2 Å². The second-order valence-corrected chi connectivity index (χ2v) is 8.28. The first-order valence-corrected chi connectivity index (χ1v) is 10.2. The monoisotopic (exact) mass is 406 g/mol. The lowest BCUT2D eigenvalue weighted by Crippen LogP contribution is -2.36. The Hall–Kier alpha value is -1.66. The summed E-state index contributed by atoms with van der Waals surface area (Å²) in [5.41, 5.74) is 0.833. The van der Waals surface area contributed by atoms with Crippen LogP contribution >= 0.6 is 15.9 Å². The van der Waals surface area contributed by atoms with Gasteiger partial charge in [0, 0.05) is 23.1 Å². The van der Waals surface area contributed by atoms with Crippen LogP contribution in [0.2, 0.25) is 0 Å². The summed E-state index contributed by atoms with van der Waals surface area (Å²) in [6.45, 7) is 1.67. The van der Waals surface area contributed by atoms with E-state index in [2.05, 4.69) is 25.2 Å². The second-order valence-electron chi connectivity index (χ2n) is 5.76. The summed E-state index contributed by atoms with van der Waals surface area (Å²) in [5, 5.41) is 0. The van der Waals surface area contributed by atoms with Gasteiger partial charge in [0.15, 0.2) is 0 Å². The van der Waals surface area contributed by atoms with Gasteiger partial charge in [0.2, 0.25) is 0 Å². The van der Waals surface area contributed by atoms with Crippen molar-refractivity contribution in [3.8, 4) is 0 Å². The number of nitrogens with zero attached hydrogens (tertiary/aromatic N) is 2. The van der Waals surface area contributed by atoms with Crippen molar-refractivity contribution in [1.82, 2.24) is 4.90 Å². The predicted molar refractivity (Wildman–Crippen MR) is 99.7 cm³/mol. The van der Waals surface area contributed by atoms with Crippen LogP contribution < -0.4 is 0 Å². The molecule has 0 amide bonds. The molecule has 6 heteroatoms. The van der Waals surface area contributed by atoms with E-state index in [0.29, 0.717) is 5.84 Å². The van der Waals surface area contributed by atoms with Crippen molar-refractivity contribution in [3.05, 3.63) is 64.6 Å². The first kappa shape index (κ1) is 17.2. The van der Waals surface area contributed by atoms with Gasteiger partial charge in [-0.15, -0.1) is 4.40 Å². The van der Waals surface area contributed by atoms with Gasteiger partial charge in [0.25, 0.3) is 10.0 Å². The molecule has 2 aromatic carbocycles. The van der Waals surface area contributed by atoms with Crippen molar-refractivity contribution >= 4 is 31.8 Å². The highest BCUT2D eigenvalue weighted by Gasteiger charge is 2.21. The van der Waals surface area contributed by atoms with Crippen molar-refractivity contribution in [2.75, 3.05) is 13.1 Å². The molecule has 0 atom stereocenters. The molecule has 0 spiro atoms. The maximum atomic E-state index is 12.7. The van der Waals surface area contributed by atoms with Crippen LogP contribution in [0.15, 0.2) is 68.4 Å². The standard InChI is InChI=1S/C18H19BrN2O2S/c19-16-9-11-17(12-10-16)24(22,23)20-18(15-7-3-1-4-8-15)21-13-5-2-6-14-21/h1,3-4,7-12H,2,5-6,13-14H2/b20-18+. The van der Waals surface area contributed by atoms with E-state index in [1.165, 1.54) is 6.42 Å². The van der Waals surface area contributed by atoms with E-state index in [4.69, 9.17) is 0 Å². The van der Waals surface area contributed by atoms with E-state index in [-0.39, 0.29) is 4.90 Å². The van der Waals surface area contributed by atoms with Gasteiger partial charge in [-0.2, -0.15) is 8.42 Å². The molecule has 0 aromatic heterocycles. The Balaban J connectivity index is 2.03. The molecule has 1 fully saturated rings. The summed E-state index contributed by atoms with van der Waals surface area (Å²) in [4.78, 5) is 2.28. The summed E-state index contributed by atoms with van der Waals surface area (Å²) in [6, 6.07) is 16.1. The highest BCUT2D eigenvalue weighted by atomic mass is 79.9. The van der Waals surface area contributed by atoms with Crippen molar-refractivity contribution in [2.24, 2.45) is 4.40 Å². The normalized spacial score (nSPS) is 16.2. The molecular formula is C18H19BrN2O2S. The van der Waals surface area contributed by atoms with Crippen LogP contribution in [0.3, 0.4) is 0 Å². The SMILES string of the molecule is O=S(=O)(/N=C(\c1ccccc1)N1CCCCC1)c1ccc(Br)cc1. The summed E-state index contributed by atoms with van der Waals surface area (Å²) < 4.78 is 30.5. The molecule has 0 saturated carbocycles. The van der Waals surface area contributed by atoms with Gasteiger partial charge in [0.05, 0.1) is 4.90 Å². The third-order valence-electron chi connectivity index (χ3n) is 4.01. The maximum Gasteiger partial charge on any atom is 0.284 e. The molecule has 1 aliphatic heterocycles. The van der Waals surface area contributed by atoms with Gasteiger partial charge in [-0.05, 0) is 43.5 Å². The van der Waals surface area contributed by atoms with E-state index in [0.717, 1.165) is 36.0 Å². The fourth-order valence-electron chi connectivity index (χ4n) is 2.76. The first-order valence-electron chi connectivity index (χ1n) is 7.97. The molecule has 0 aliphatic carbocycles. The molecule has 3 rings (SSSR count). The lowest BCUT2D eigenvalue weighted by molar-refractivity contribution is 0.343. The minimum absolute atomic E-state index is 0.205. The van der Waals surface area contributed by atoms with Crippen molar-refractivity contribution in [3.63, 3.8) is 0 Å². The summed E-state index contributed by atoms with van der Waals surface area (Å²) in [7, 11) is -3.75. The second kappa shape index (κ2) is 7.49. The molecule has 0 bridgehead atoms. The van der Waals surface area contributed by atoms with E-state index in [1.54, 1.807) is 24.3 Å². The average molecular weight is 407 g/mol. The van der Waals surface area contributed by atoms with Gasteiger partial charge in [-0.25, -0.2) is 0 Å². The van der Waals surface area contributed by atoms with Crippen molar-refractivity contribution in [1.29, 1.82) is 0 Å². The zero-order chi connectivity index (χ0) is 17.0. The molecule has 1 saturated heterocycles. The minimum atomic E-state index is -3.75. The maximum absolute atomic E-state index is 12.7. The van der Waals surface area contributed by atoms with Crippen molar-refractivity contribution in [2.45, 2.75) is 24.2 Å². The van der Waals surface area contributed by atoms with Crippen molar-refractivity contribution < 1.29 is 8.42 Å². The molecule has 126 valence electrons. The number of benzene rings is 2. The predicted octanol–water partition coefficient (Wildman–Crippen LogP) is 4.07. The fraction of sp³-hybridized carbons (Fsp3) is 0.278. The Morgan fingerprint density at radius 1 is 0.917 bits per heavy atom. The summed E-state index contributed by atoms with van der Waals surface area (Å²) in [6.07, 6.45) is 3.30. The highest BCUT2D eigenvalue weighted by molar-refractivity contribution is 9.10. The molecule has 1 heterocycles. The smallest absolute Gasteiger partial charge is 0.284 e. The number of likely N-dealkylation sites (tertiary alicyclic amines) is 1. The number of hydrogen-bond donors (Lipinski definition) is 0. The molecule has 0 N–H and O–H groups in total. The lowest BCUT2D eigenvalue weighted by atomic mass is 10.1. The topological polar surface area (TPSA) is 49.7 Å². The van der Waals surface area contributed by atoms with Gasteiger partial charge in [-0.1, -0.05) is 46.3 Å². The Kier molecular flexibility index (Phi) is 5.36. The zero-order valence-electron chi connectivity index (χ0n) is 13.2. The Labute approximate surface area is 151 Å². The van der Waals surface area contributed by atoms with Gasteiger partial charge >= 0.3 is 0 Å².